The van der Waals surface area contributed by atoms with Crippen molar-refractivity contribution in [3.05, 3.63) is 75.3 Å². The number of imidazole rings is 1. The molecule has 100 valence electrons. The number of aromatic nitrogens is 2. The molecule has 5 heteroatoms. The van der Waals surface area contributed by atoms with E-state index in [1.165, 1.54) is 0 Å². The zero-order valence-electron chi connectivity index (χ0n) is 10.3. The molecule has 0 aliphatic carbocycles. The summed E-state index contributed by atoms with van der Waals surface area (Å²) in [5, 5.41) is 0.872. The number of nitrogens with zero attached hydrogens (tertiary/aromatic N) is 1. The molecule has 20 heavy (non-hydrogen) atoms. The van der Waals surface area contributed by atoms with Crippen LogP contribution in [0.1, 0.15) is 0 Å². The minimum Gasteiger partial charge on any atom is -0.312 e. The lowest BCUT2D eigenvalue weighted by Crippen LogP contribution is -2.15. The second-order valence-electron chi connectivity index (χ2n) is 4.28. The molecule has 0 radical (unpaired) electrons. The van der Waals surface area contributed by atoms with E-state index in [9.17, 15) is 4.79 Å². The Hall–Kier alpha value is -1.97. The Morgan fingerprint density at radius 2 is 1.70 bits per heavy atom. The smallest absolute Gasteiger partial charge is 0.312 e. The van der Waals surface area contributed by atoms with E-state index < -0.39 is 0 Å². The average Bonchev–Trinajstić information content (AvgIpc) is 2.85. The Kier molecular flexibility index (Phi) is 3.38. The molecule has 0 bridgehead atoms. The van der Waals surface area contributed by atoms with Crippen molar-refractivity contribution in [2.24, 2.45) is 0 Å². The normalized spacial score (nSPS) is 10.7. The second kappa shape index (κ2) is 5.19. The van der Waals surface area contributed by atoms with E-state index in [4.69, 9.17) is 23.2 Å². The number of aromatic amines is 1. The molecule has 0 aliphatic heterocycles. The highest BCUT2D eigenvalue weighted by Crippen LogP contribution is 2.26. The molecular formula is C15H10Cl2N2O. The summed E-state index contributed by atoms with van der Waals surface area (Å²) in [7, 11) is 0. The summed E-state index contributed by atoms with van der Waals surface area (Å²) in [6.45, 7) is 0. The maximum Gasteiger partial charge on any atom is 0.330 e. The predicted octanol–water partition coefficient (Wildman–Crippen LogP) is 4.14. The van der Waals surface area contributed by atoms with E-state index in [1.807, 2.05) is 30.3 Å². The third kappa shape index (κ3) is 2.26. The number of benzene rings is 2. The van der Waals surface area contributed by atoms with Gasteiger partial charge in [-0.1, -0.05) is 53.5 Å². The van der Waals surface area contributed by atoms with Gasteiger partial charge in [0.1, 0.15) is 0 Å². The zero-order valence-corrected chi connectivity index (χ0v) is 11.8. The first-order valence-corrected chi connectivity index (χ1v) is 6.73. The van der Waals surface area contributed by atoms with Crippen molar-refractivity contribution in [3.63, 3.8) is 0 Å². The Balaban J connectivity index is 2.22. The second-order valence-corrected chi connectivity index (χ2v) is 5.09. The first kappa shape index (κ1) is 13.0. The van der Waals surface area contributed by atoms with Crippen LogP contribution >= 0.6 is 23.2 Å². The first-order chi connectivity index (χ1) is 9.66. The highest BCUT2D eigenvalue weighted by Gasteiger charge is 2.11. The van der Waals surface area contributed by atoms with Crippen LogP contribution in [0.2, 0.25) is 10.0 Å². The lowest BCUT2D eigenvalue weighted by atomic mass is 10.1. The van der Waals surface area contributed by atoms with Crippen LogP contribution in [0.4, 0.5) is 0 Å². The summed E-state index contributed by atoms with van der Waals surface area (Å²) in [5.41, 5.74) is 2.16. The molecule has 0 atom stereocenters. The SMILES string of the molecule is O=c1[nH]cc(-c2ccccc2)n1-c1ccc(Cl)c(Cl)c1. The molecule has 1 N–H and O–H groups in total. The standard InChI is InChI=1S/C15H10Cl2N2O/c16-12-7-6-11(8-13(12)17)19-14(9-18-15(19)20)10-4-2-1-3-5-10/h1-9H,(H,18,20). The largest absolute Gasteiger partial charge is 0.330 e. The molecule has 1 aromatic heterocycles. The van der Waals surface area contributed by atoms with Gasteiger partial charge < -0.3 is 4.98 Å². The summed E-state index contributed by atoms with van der Waals surface area (Å²) < 4.78 is 1.57. The van der Waals surface area contributed by atoms with Gasteiger partial charge in [-0.15, -0.1) is 0 Å². The monoisotopic (exact) mass is 304 g/mol. The fraction of sp³-hybridized carbons (Fsp3) is 0. The van der Waals surface area contributed by atoms with Crippen molar-refractivity contribution in [3.8, 4) is 16.9 Å². The molecule has 0 saturated carbocycles. The van der Waals surface area contributed by atoms with Gasteiger partial charge in [0.05, 0.1) is 21.4 Å². The number of hydrogen-bond acceptors (Lipinski definition) is 1. The van der Waals surface area contributed by atoms with Crippen molar-refractivity contribution in [1.29, 1.82) is 0 Å². The molecule has 3 aromatic rings. The molecule has 0 unspecified atom stereocenters. The summed E-state index contributed by atoms with van der Waals surface area (Å²) in [4.78, 5) is 14.7. The van der Waals surface area contributed by atoms with Crippen LogP contribution in [-0.4, -0.2) is 9.55 Å². The maximum absolute atomic E-state index is 12.0. The average molecular weight is 305 g/mol. The number of hydrogen-bond donors (Lipinski definition) is 1. The summed E-state index contributed by atoms with van der Waals surface area (Å²) >= 11 is 11.9. The van der Waals surface area contributed by atoms with Gasteiger partial charge in [0.25, 0.3) is 0 Å². The van der Waals surface area contributed by atoms with Gasteiger partial charge in [-0.25, -0.2) is 4.79 Å². The summed E-state index contributed by atoms with van der Waals surface area (Å²) in [6, 6.07) is 14.8. The van der Waals surface area contributed by atoms with E-state index in [1.54, 1.807) is 29.0 Å². The number of H-pyrrole nitrogens is 1. The molecule has 0 amide bonds. The summed E-state index contributed by atoms with van der Waals surface area (Å²) in [6.07, 6.45) is 1.68. The Bertz CT molecular complexity index is 806. The Morgan fingerprint density at radius 1 is 0.950 bits per heavy atom. The van der Waals surface area contributed by atoms with Gasteiger partial charge in [-0.3, -0.25) is 4.57 Å². The van der Waals surface area contributed by atoms with E-state index in [-0.39, 0.29) is 5.69 Å². The van der Waals surface area contributed by atoms with Crippen LogP contribution in [0.15, 0.2) is 59.5 Å². The van der Waals surface area contributed by atoms with Crippen molar-refractivity contribution in [2.45, 2.75) is 0 Å². The molecule has 0 aliphatic rings. The van der Waals surface area contributed by atoms with E-state index in [0.717, 1.165) is 11.3 Å². The number of nitrogens with one attached hydrogen (secondary N) is 1. The minimum absolute atomic E-state index is 0.220. The molecule has 1 heterocycles. The first-order valence-electron chi connectivity index (χ1n) is 5.98. The molecule has 3 nitrogen and oxygen atoms in total. The van der Waals surface area contributed by atoms with Crippen molar-refractivity contribution in [1.82, 2.24) is 9.55 Å². The molecule has 0 fully saturated rings. The highest BCUT2D eigenvalue weighted by molar-refractivity contribution is 6.42. The van der Waals surface area contributed by atoms with Crippen LogP contribution < -0.4 is 5.69 Å². The van der Waals surface area contributed by atoms with Crippen LogP contribution in [0.25, 0.3) is 16.9 Å². The van der Waals surface area contributed by atoms with Crippen LogP contribution in [0.5, 0.6) is 0 Å². The van der Waals surface area contributed by atoms with Crippen molar-refractivity contribution >= 4 is 23.2 Å². The van der Waals surface area contributed by atoms with Gasteiger partial charge in [0, 0.05) is 11.8 Å². The van der Waals surface area contributed by atoms with Gasteiger partial charge >= 0.3 is 5.69 Å². The number of rotatable bonds is 2. The highest BCUT2D eigenvalue weighted by atomic mass is 35.5. The molecule has 2 aromatic carbocycles. The Morgan fingerprint density at radius 3 is 2.40 bits per heavy atom. The van der Waals surface area contributed by atoms with Crippen LogP contribution in [-0.2, 0) is 0 Å². The van der Waals surface area contributed by atoms with E-state index >= 15 is 0 Å². The lowest BCUT2D eigenvalue weighted by molar-refractivity contribution is 0.993. The van der Waals surface area contributed by atoms with Gasteiger partial charge in [-0.2, -0.15) is 0 Å². The maximum atomic E-state index is 12.0. The van der Waals surface area contributed by atoms with Gasteiger partial charge in [0.2, 0.25) is 0 Å². The van der Waals surface area contributed by atoms with Crippen LogP contribution in [0.3, 0.4) is 0 Å². The third-order valence-electron chi connectivity index (χ3n) is 3.01. The zero-order chi connectivity index (χ0) is 14.1. The van der Waals surface area contributed by atoms with Gasteiger partial charge in [-0.05, 0) is 18.2 Å². The topological polar surface area (TPSA) is 37.8 Å². The fourth-order valence-electron chi connectivity index (χ4n) is 2.07. The van der Waals surface area contributed by atoms with E-state index in [0.29, 0.717) is 15.7 Å². The minimum atomic E-state index is -0.220. The molecule has 0 saturated heterocycles. The predicted molar refractivity (Wildman–Crippen MR) is 81.8 cm³/mol. The summed E-state index contributed by atoms with van der Waals surface area (Å²) in [5.74, 6) is 0. The van der Waals surface area contributed by atoms with Crippen LogP contribution in [0, 0.1) is 0 Å². The Labute approximate surface area is 125 Å². The molecule has 0 spiro atoms. The van der Waals surface area contributed by atoms with Gasteiger partial charge in [0.15, 0.2) is 0 Å². The lowest BCUT2D eigenvalue weighted by Gasteiger charge is -2.08. The fourth-order valence-corrected chi connectivity index (χ4v) is 2.36. The van der Waals surface area contributed by atoms with Crippen molar-refractivity contribution < 1.29 is 0 Å². The van der Waals surface area contributed by atoms with E-state index in [2.05, 4.69) is 4.98 Å². The molecule has 3 rings (SSSR count). The quantitative estimate of drug-likeness (QED) is 0.759. The molecular weight excluding hydrogens is 295 g/mol. The third-order valence-corrected chi connectivity index (χ3v) is 3.75. The van der Waals surface area contributed by atoms with Crippen molar-refractivity contribution in [2.75, 3.05) is 0 Å². The number of halogens is 2.